The van der Waals surface area contributed by atoms with Gasteiger partial charge < -0.3 is 15.2 Å². The van der Waals surface area contributed by atoms with Crippen LogP contribution in [0.25, 0.3) is 0 Å². The van der Waals surface area contributed by atoms with Crippen molar-refractivity contribution in [1.82, 2.24) is 4.98 Å². The Balaban J connectivity index is 3.35. The van der Waals surface area contributed by atoms with E-state index in [1.54, 1.807) is 0 Å². The normalized spacial score (nSPS) is 11.2. The molecule has 5 nitrogen and oxygen atoms in total. The van der Waals surface area contributed by atoms with E-state index in [-0.39, 0.29) is 23.4 Å². The van der Waals surface area contributed by atoms with Gasteiger partial charge >= 0.3 is 12.3 Å². The van der Waals surface area contributed by atoms with Crippen LogP contribution < -0.4 is 10.5 Å². The first-order valence-corrected chi connectivity index (χ1v) is 4.82. The molecule has 0 aliphatic heterocycles. The molecular weight excluding hydrogens is 253 g/mol. The molecule has 0 atom stereocenters. The number of hydrogen-bond acceptors (Lipinski definition) is 5. The van der Waals surface area contributed by atoms with Gasteiger partial charge in [0.1, 0.15) is 5.75 Å². The Labute approximate surface area is 101 Å². The monoisotopic (exact) mass is 264 g/mol. The van der Waals surface area contributed by atoms with Crippen molar-refractivity contribution in [1.29, 1.82) is 0 Å². The fourth-order valence-electron chi connectivity index (χ4n) is 1.36. The molecule has 0 amide bonds. The Hall–Kier alpha value is -1.83. The van der Waals surface area contributed by atoms with Crippen molar-refractivity contribution < 1.29 is 27.4 Å². The van der Waals surface area contributed by atoms with Crippen LogP contribution in [0.15, 0.2) is 6.20 Å². The molecule has 2 N–H and O–H groups in total. The number of ether oxygens (including phenoxy) is 2. The molecule has 18 heavy (non-hydrogen) atoms. The zero-order valence-corrected chi connectivity index (χ0v) is 9.67. The van der Waals surface area contributed by atoms with Gasteiger partial charge in [0, 0.05) is 23.9 Å². The molecule has 1 aromatic heterocycles. The summed E-state index contributed by atoms with van der Waals surface area (Å²) < 4.78 is 45.0. The number of alkyl halides is 3. The number of aromatic nitrogens is 1. The third-order valence-electron chi connectivity index (χ3n) is 2.11. The molecule has 1 heterocycles. The fourth-order valence-corrected chi connectivity index (χ4v) is 1.36. The molecule has 100 valence electrons. The molecule has 8 heteroatoms. The molecule has 0 saturated carbocycles. The van der Waals surface area contributed by atoms with E-state index in [0.29, 0.717) is 0 Å². The highest BCUT2D eigenvalue weighted by atomic mass is 19.4. The summed E-state index contributed by atoms with van der Waals surface area (Å²) in [4.78, 5) is 15.1. The van der Waals surface area contributed by atoms with Crippen LogP contribution in [0.3, 0.4) is 0 Å². The molecule has 1 rings (SSSR count). The Morgan fingerprint density at radius 1 is 1.50 bits per heavy atom. The number of carbonyl (C=O) groups excluding carboxylic acids is 1. The molecule has 0 spiro atoms. The first-order valence-electron chi connectivity index (χ1n) is 4.82. The fraction of sp³-hybridized carbons (Fsp3) is 0.400. The molecule has 0 bridgehead atoms. The van der Waals surface area contributed by atoms with Crippen LogP contribution in [0.2, 0.25) is 0 Å². The maximum Gasteiger partial charge on any atom is 0.573 e. The number of hydrogen-bond donors (Lipinski definition) is 1. The second-order valence-electron chi connectivity index (χ2n) is 3.34. The third kappa shape index (κ3) is 3.10. The highest BCUT2D eigenvalue weighted by Crippen LogP contribution is 2.31. The van der Waals surface area contributed by atoms with Gasteiger partial charge in [0.05, 0.1) is 7.11 Å². The van der Waals surface area contributed by atoms with E-state index in [1.165, 1.54) is 6.92 Å². The highest BCUT2D eigenvalue weighted by molar-refractivity contribution is 5.89. The van der Waals surface area contributed by atoms with Crippen LogP contribution in [0.5, 0.6) is 5.75 Å². The van der Waals surface area contributed by atoms with Crippen molar-refractivity contribution in [3.63, 3.8) is 0 Å². The van der Waals surface area contributed by atoms with Gasteiger partial charge in [-0.2, -0.15) is 0 Å². The number of methoxy groups -OCH3 is 1. The molecule has 0 aromatic carbocycles. The van der Waals surface area contributed by atoms with Crippen molar-refractivity contribution in [2.24, 2.45) is 5.73 Å². The average Bonchev–Trinajstić information content (AvgIpc) is 2.29. The minimum absolute atomic E-state index is 0.125. The third-order valence-corrected chi connectivity index (χ3v) is 2.11. The molecule has 0 aliphatic carbocycles. The predicted molar refractivity (Wildman–Crippen MR) is 54.9 cm³/mol. The summed E-state index contributed by atoms with van der Waals surface area (Å²) in [5, 5.41) is 0. The van der Waals surface area contributed by atoms with Crippen LogP contribution >= 0.6 is 0 Å². The van der Waals surface area contributed by atoms with Crippen molar-refractivity contribution >= 4 is 5.97 Å². The van der Waals surface area contributed by atoms with Crippen molar-refractivity contribution in [3.8, 4) is 5.75 Å². The topological polar surface area (TPSA) is 74.4 Å². The zero-order valence-electron chi connectivity index (χ0n) is 9.67. The number of esters is 1. The molecule has 0 radical (unpaired) electrons. The smallest absolute Gasteiger partial charge is 0.464 e. The molecule has 0 saturated heterocycles. The van der Waals surface area contributed by atoms with Gasteiger partial charge in [0.25, 0.3) is 0 Å². The summed E-state index contributed by atoms with van der Waals surface area (Å²) in [6.45, 7) is 1.04. The van der Waals surface area contributed by atoms with E-state index >= 15 is 0 Å². The van der Waals surface area contributed by atoms with Gasteiger partial charge in [-0.1, -0.05) is 0 Å². The Morgan fingerprint density at radius 2 is 2.11 bits per heavy atom. The van der Waals surface area contributed by atoms with Crippen molar-refractivity contribution in [2.75, 3.05) is 7.11 Å². The van der Waals surface area contributed by atoms with Crippen LogP contribution in [0.1, 0.15) is 21.6 Å². The van der Waals surface area contributed by atoms with E-state index in [1.807, 2.05) is 0 Å². The standard InChI is InChI=1S/C10H11F3N2O3/c1-5-4-15-7(9(16)17-2)6(3-14)8(5)18-10(11,12)13/h4H,3,14H2,1-2H3. The van der Waals surface area contributed by atoms with Gasteiger partial charge in [-0.3, -0.25) is 0 Å². The second kappa shape index (κ2) is 5.21. The lowest BCUT2D eigenvalue weighted by Gasteiger charge is -2.16. The maximum atomic E-state index is 12.3. The number of pyridine rings is 1. The quantitative estimate of drug-likeness (QED) is 0.838. The minimum atomic E-state index is -4.87. The first-order chi connectivity index (χ1) is 8.30. The van der Waals surface area contributed by atoms with Crippen molar-refractivity contribution in [3.05, 3.63) is 23.0 Å². The van der Waals surface area contributed by atoms with Gasteiger partial charge in [0.15, 0.2) is 5.69 Å². The van der Waals surface area contributed by atoms with Gasteiger partial charge in [-0.25, -0.2) is 9.78 Å². The lowest BCUT2D eigenvalue weighted by molar-refractivity contribution is -0.275. The summed E-state index contributed by atoms with van der Waals surface area (Å²) in [6, 6.07) is 0. The summed E-state index contributed by atoms with van der Waals surface area (Å²) in [5.74, 6) is -1.39. The SMILES string of the molecule is COC(=O)c1ncc(C)c(OC(F)(F)F)c1CN. The molecule has 1 aromatic rings. The summed E-state index contributed by atoms with van der Waals surface area (Å²) in [6.07, 6.45) is -3.78. The van der Waals surface area contributed by atoms with Crippen molar-refractivity contribution in [2.45, 2.75) is 19.8 Å². The lowest BCUT2D eigenvalue weighted by Crippen LogP contribution is -2.21. The van der Waals surface area contributed by atoms with E-state index in [9.17, 15) is 18.0 Å². The van der Waals surface area contributed by atoms with E-state index < -0.39 is 18.1 Å². The molecule has 0 aliphatic rings. The number of nitrogens with two attached hydrogens (primary N) is 1. The maximum absolute atomic E-state index is 12.3. The second-order valence-corrected chi connectivity index (χ2v) is 3.34. The largest absolute Gasteiger partial charge is 0.573 e. The average molecular weight is 264 g/mol. The summed E-state index contributed by atoms with van der Waals surface area (Å²) in [7, 11) is 1.09. The van der Waals surface area contributed by atoms with E-state index in [4.69, 9.17) is 5.73 Å². The van der Waals surface area contributed by atoms with E-state index in [2.05, 4.69) is 14.5 Å². The summed E-state index contributed by atoms with van der Waals surface area (Å²) in [5.41, 5.74) is 5.04. The number of carbonyl (C=O) groups is 1. The molecular formula is C10H11F3N2O3. The number of nitrogens with zero attached hydrogens (tertiary/aromatic N) is 1. The zero-order chi connectivity index (χ0) is 13.9. The Morgan fingerprint density at radius 3 is 2.56 bits per heavy atom. The Kier molecular flexibility index (Phi) is 4.12. The Bertz CT molecular complexity index is 460. The van der Waals surface area contributed by atoms with E-state index in [0.717, 1.165) is 13.3 Å². The lowest BCUT2D eigenvalue weighted by atomic mass is 10.1. The van der Waals surface area contributed by atoms with Crippen LogP contribution in [0.4, 0.5) is 13.2 Å². The highest BCUT2D eigenvalue weighted by Gasteiger charge is 2.34. The predicted octanol–water partition coefficient (Wildman–Crippen LogP) is 1.53. The first kappa shape index (κ1) is 14.2. The van der Waals surface area contributed by atoms with Crippen LogP contribution in [-0.4, -0.2) is 24.4 Å². The molecule has 0 unspecified atom stereocenters. The van der Waals surface area contributed by atoms with Gasteiger partial charge in [0.2, 0.25) is 0 Å². The van der Waals surface area contributed by atoms with Gasteiger partial charge in [-0.15, -0.1) is 13.2 Å². The minimum Gasteiger partial charge on any atom is -0.464 e. The van der Waals surface area contributed by atoms with Gasteiger partial charge in [-0.05, 0) is 6.92 Å². The number of halogens is 3. The number of aryl methyl sites for hydroxylation is 1. The van der Waals surface area contributed by atoms with Crippen LogP contribution in [-0.2, 0) is 11.3 Å². The molecule has 0 fully saturated rings. The number of rotatable bonds is 3. The summed E-state index contributed by atoms with van der Waals surface area (Å²) >= 11 is 0. The van der Waals surface area contributed by atoms with Crippen LogP contribution in [0, 0.1) is 6.92 Å².